The average molecular weight is 454 g/mol. The first-order chi connectivity index (χ1) is 16.7. The standard InChI is InChI=1S/C28H31N5O/c34-28(22-9-2-1-3-10-22)13-14-33(19-28)18-20-7-6-8-21(15-20)24-16-29-26-25(24)17-30-27(32-26)31-23-11-4-5-12-23/h1-3,6-10,15-17,23,34H,4-5,11-14,18-19H2,(H2,29,30,31,32). The molecule has 1 aliphatic carbocycles. The maximum absolute atomic E-state index is 11.2. The Hall–Kier alpha value is -3.22. The van der Waals surface area contributed by atoms with E-state index < -0.39 is 5.60 Å². The second-order valence-electron chi connectivity index (χ2n) is 9.84. The molecule has 2 aromatic heterocycles. The number of fused-ring (bicyclic) bond motifs is 1. The largest absolute Gasteiger partial charge is 0.384 e. The van der Waals surface area contributed by atoms with Gasteiger partial charge in [0, 0.05) is 49.0 Å². The first-order valence-corrected chi connectivity index (χ1v) is 12.4. The zero-order valence-corrected chi connectivity index (χ0v) is 19.4. The van der Waals surface area contributed by atoms with Crippen LogP contribution >= 0.6 is 0 Å². The fourth-order valence-electron chi connectivity index (χ4n) is 5.55. The highest BCUT2D eigenvalue weighted by Gasteiger charge is 2.37. The smallest absolute Gasteiger partial charge is 0.224 e. The van der Waals surface area contributed by atoms with Gasteiger partial charge in [-0.05, 0) is 42.0 Å². The third-order valence-electron chi connectivity index (χ3n) is 7.40. The number of aromatic nitrogens is 3. The Bertz CT molecular complexity index is 1280. The van der Waals surface area contributed by atoms with Gasteiger partial charge in [0.15, 0.2) is 0 Å². The number of aliphatic hydroxyl groups is 1. The lowest BCUT2D eigenvalue weighted by atomic mass is 9.93. The minimum absolute atomic E-state index is 0.494. The fourth-order valence-corrected chi connectivity index (χ4v) is 5.55. The van der Waals surface area contributed by atoms with Crippen molar-refractivity contribution in [2.24, 2.45) is 0 Å². The van der Waals surface area contributed by atoms with Crippen LogP contribution in [0.2, 0.25) is 0 Å². The molecule has 1 aliphatic heterocycles. The third-order valence-corrected chi connectivity index (χ3v) is 7.40. The molecule has 2 aromatic carbocycles. The van der Waals surface area contributed by atoms with E-state index >= 15 is 0 Å². The van der Waals surface area contributed by atoms with Gasteiger partial charge in [0.05, 0.1) is 0 Å². The molecule has 4 aromatic rings. The van der Waals surface area contributed by atoms with E-state index in [4.69, 9.17) is 4.98 Å². The Morgan fingerprint density at radius 2 is 1.94 bits per heavy atom. The molecule has 3 heterocycles. The molecule has 2 aliphatic rings. The number of β-amino-alcohol motifs (C(OH)–C–C–N with tert-alkyl or cyclic N) is 1. The maximum atomic E-state index is 11.2. The topological polar surface area (TPSA) is 77.1 Å². The van der Waals surface area contributed by atoms with Crippen LogP contribution in [0.25, 0.3) is 22.2 Å². The zero-order chi connectivity index (χ0) is 23.0. The molecule has 1 atom stereocenters. The Balaban J connectivity index is 1.18. The molecule has 6 nitrogen and oxygen atoms in total. The number of benzene rings is 2. The van der Waals surface area contributed by atoms with E-state index in [-0.39, 0.29) is 0 Å². The lowest BCUT2D eigenvalue weighted by Gasteiger charge is -2.24. The van der Waals surface area contributed by atoms with Crippen molar-refractivity contribution < 1.29 is 5.11 Å². The van der Waals surface area contributed by atoms with Crippen molar-refractivity contribution in [1.82, 2.24) is 19.9 Å². The van der Waals surface area contributed by atoms with Crippen molar-refractivity contribution in [1.29, 1.82) is 0 Å². The van der Waals surface area contributed by atoms with Gasteiger partial charge in [-0.25, -0.2) is 4.98 Å². The predicted molar refractivity (Wildman–Crippen MR) is 135 cm³/mol. The highest BCUT2D eigenvalue weighted by Crippen LogP contribution is 2.34. The molecule has 0 bridgehead atoms. The Labute approximate surface area is 200 Å². The summed E-state index contributed by atoms with van der Waals surface area (Å²) in [5, 5.41) is 15.7. The quantitative estimate of drug-likeness (QED) is 0.380. The monoisotopic (exact) mass is 453 g/mol. The summed E-state index contributed by atoms with van der Waals surface area (Å²) in [4.78, 5) is 15.0. The Kier molecular flexibility index (Phi) is 5.55. The molecule has 0 radical (unpaired) electrons. The van der Waals surface area contributed by atoms with Crippen LogP contribution < -0.4 is 5.32 Å². The fraction of sp³-hybridized carbons (Fsp3) is 0.357. The number of nitrogens with zero attached hydrogens (tertiary/aromatic N) is 3. The molecule has 1 unspecified atom stereocenters. The summed E-state index contributed by atoms with van der Waals surface area (Å²) >= 11 is 0. The van der Waals surface area contributed by atoms with E-state index in [2.05, 4.69) is 44.5 Å². The van der Waals surface area contributed by atoms with Crippen LogP contribution in [0.4, 0.5) is 5.95 Å². The van der Waals surface area contributed by atoms with Crippen molar-refractivity contribution in [2.75, 3.05) is 18.4 Å². The van der Waals surface area contributed by atoms with Crippen molar-refractivity contribution in [3.05, 3.63) is 78.1 Å². The number of rotatable bonds is 6. The predicted octanol–water partition coefficient (Wildman–Crippen LogP) is 5.07. The Morgan fingerprint density at radius 1 is 1.09 bits per heavy atom. The molecule has 1 saturated carbocycles. The second-order valence-corrected chi connectivity index (χ2v) is 9.84. The first kappa shape index (κ1) is 21.3. The third kappa shape index (κ3) is 4.19. The van der Waals surface area contributed by atoms with Gasteiger partial charge in [0.1, 0.15) is 11.2 Å². The van der Waals surface area contributed by atoms with Crippen LogP contribution in [0.15, 0.2) is 67.0 Å². The molecule has 6 heteroatoms. The lowest BCUT2D eigenvalue weighted by molar-refractivity contribution is 0.0453. The molecular formula is C28H31N5O. The number of likely N-dealkylation sites (tertiary alicyclic amines) is 1. The maximum Gasteiger partial charge on any atom is 0.224 e. The molecule has 0 amide bonds. The van der Waals surface area contributed by atoms with Gasteiger partial charge in [0.25, 0.3) is 0 Å². The summed E-state index contributed by atoms with van der Waals surface area (Å²) < 4.78 is 0. The highest BCUT2D eigenvalue weighted by molar-refractivity contribution is 5.93. The molecule has 3 N–H and O–H groups in total. The zero-order valence-electron chi connectivity index (χ0n) is 19.4. The summed E-state index contributed by atoms with van der Waals surface area (Å²) in [6.07, 6.45) is 9.68. The van der Waals surface area contributed by atoms with E-state index in [0.717, 1.165) is 47.2 Å². The number of aromatic amines is 1. The minimum atomic E-state index is -0.767. The van der Waals surface area contributed by atoms with Crippen molar-refractivity contribution >= 4 is 17.0 Å². The molecule has 6 rings (SSSR count). The van der Waals surface area contributed by atoms with Crippen LogP contribution in [0.5, 0.6) is 0 Å². The lowest BCUT2D eigenvalue weighted by Crippen LogP contribution is -2.30. The summed E-state index contributed by atoms with van der Waals surface area (Å²) in [6, 6.07) is 19.2. The average Bonchev–Trinajstić information content (AvgIpc) is 3.61. The number of H-pyrrole nitrogens is 1. The second kappa shape index (κ2) is 8.85. The molecule has 34 heavy (non-hydrogen) atoms. The van der Waals surface area contributed by atoms with Gasteiger partial charge in [-0.3, -0.25) is 4.90 Å². The molecule has 1 saturated heterocycles. The van der Waals surface area contributed by atoms with Gasteiger partial charge in [0.2, 0.25) is 5.95 Å². The van der Waals surface area contributed by atoms with Crippen LogP contribution in [-0.4, -0.2) is 44.1 Å². The minimum Gasteiger partial charge on any atom is -0.384 e. The van der Waals surface area contributed by atoms with Crippen LogP contribution in [-0.2, 0) is 12.1 Å². The van der Waals surface area contributed by atoms with Gasteiger partial charge >= 0.3 is 0 Å². The van der Waals surface area contributed by atoms with Gasteiger partial charge in [-0.2, -0.15) is 4.98 Å². The van der Waals surface area contributed by atoms with Crippen LogP contribution in [0, 0.1) is 0 Å². The van der Waals surface area contributed by atoms with E-state index in [1.165, 1.54) is 31.2 Å². The van der Waals surface area contributed by atoms with Crippen LogP contribution in [0.3, 0.4) is 0 Å². The van der Waals surface area contributed by atoms with Gasteiger partial charge in [-0.1, -0.05) is 61.4 Å². The van der Waals surface area contributed by atoms with E-state index in [9.17, 15) is 5.11 Å². The Morgan fingerprint density at radius 3 is 2.79 bits per heavy atom. The summed E-state index contributed by atoms with van der Waals surface area (Å²) in [6.45, 7) is 2.35. The van der Waals surface area contributed by atoms with Gasteiger partial charge < -0.3 is 15.4 Å². The van der Waals surface area contributed by atoms with Gasteiger partial charge in [-0.15, -0.1) is 0 Å². The molecular weight excluding hydrogens is 422 g/mol. The van der Waals surface area contributed by atoms with E-state index in [0.29, 0.717) is 18.5 Å². The summed E-state index contributed by atoms with van der Waals surface area (Å²) in [7, 11) is 0. The highest BCUT2D eigenvalue weighted by atomic mass is 16.3. The summed E-state index contributed by atoms with van der Waals surface area (Å²) in [5.74, 6) is 0.710. The molecule has 0 spiro atoms. The van der Waals surface area contributed by atoms with E-state index in [1.54, 1.807) is 0 Å². The normalized spacial score (nSPS) is 21.4. The molecule has 2 fully saturated rings. The van der Waals surface area contributed by atoms with Crippen LogP contribution in [0.1, 0.15) is 43.2 Å². The number of nitrogens with one attached hydrogen (secondary N) is 2. The van der Waals surface area contributed by atoms with Crippen molar-refractivity contribution in [3.8, 4) is 11.1 Å². The number of hydrogen-bond acceptors (Lipinski definition) is 5. The number of anilines is 1. The van der Waals surface area contributed by atoms with Crippen molar-refractivity contribution in [2.45, 2.75) is 50.3 Å². The van der Waals surface area contributed by atoms with Crippen molar-refractivity contribution in [3.63, 3.8) is 0 Å². The SMILES string of the molecule is OC1(c2ccccc2)CCN(Cc2cccc(-c3c[nH]c4nc(NC5CCCC5)ncc34)c2)C1. The first-order valence-electron chi connectivity index (χ1n) is 12.4. The summed E-state index contributed by atoms with van der Waals surface area (Å²) in [5.41, 5.74) is 4.62. The number of hydrogen-bond donors (Lipinski definition) is 3. The molecule has 174 valence electrons. The van der Waals surface area contributed by atoms with E-state index in [1.807, 2.05) is 42.7 Å².